The van der Waals surface area contributed by atoms with Gasteiger partial charge in [-0.25, -0.2) is 21.6 Å². The van der Waals surface area contributed by atoms with E-state index < -0.39 is 25.1 Å². The Bertz CT molecular complexity index is 514. The van der Waals surface area contributed by atoms with E-state index in [1.165, 1.54) is 44.9 Å². The molecule has 1 fully saturated rings. The summed E-state index contributed by atoms with van der Waals surface area (Å²) in [4.78, 5) is 0. The lowest BCUT2D eigenvalue weighted by atomic mass is 10.1. The van der Waals surface area contributed by atoms with E-state index in [-0.39, 0.29) is 17.9 Å². The molecular weight excluding hydrogens is 334 g/mol. The SMILES string of the molecule is CCCCCCCCCCCCNS(=O)(=O)C1CCS(=O)(=O)C1. The Morgan fingerprint density at radius 2 is 1.43 bits per heavy atom. The molecule has 1 aliphatic rings. The van der Waals surface area contributed by atoms with E-state index in [4.69, 9.17) is 0 Å². The van der Waals surface area contributed by atoms with Crippen molar-refractivity contribution in [1.29, 1.82) is 0 Å². The van der Waals surface area contributed by atoms with E-state index in [2.05, 4.69) is 11.6 Å². The molecule has 0 aromatic carbocycles. The van der Waals surface area contributed by atoms with Crippen molar-refractivity contribution in [3.8, 4) is 0 Å². The van der Waals surface area contributed by atoms with Gasteiger partial charge in [-0.3, -0.25) is 0 Å². The first-order valence-electron chi connectivity index (χ1n) is 9.06. The molecule has 1 heterocycles. The van der Waals surface area contributed by atoms with Crippen LogP contribution in [0, 0.1) is 0 Å². The number of unbranched alkanes of at least 4 members (excludes halogenated alkanes) is 9. The lowest BCUT2D eigenvalue weighted by Crippen LogP contribution is -2.35. The van der Waals surface area contributed by atoms with Gasteiger partial charge in [-0.05, 0) is 12.8 Å². The highest BCUT2D eigenvalue weighted by molar-refractivity contribution is 7.95. The van der Waals surface area contributed by atoms with Crippen LogP contribution in [0.1, 0.15) is 77.6 Å². The largest absolute Gasteiger partial charge is 0.229 e. The fraction of sp³-hybridized carbons (Fsp3) is 1.00. The summed E-state index contributed by atoms with van der Waals surface area (Å²) in [5, 5.41) is -0.754. The zero-order chi connectivity index (χ0) is 17.2. The molecule has 0 bridgehead atoms. The minimum atomic E-state index is -3.47. The molecule has 7 heteroatoms. The quantitative estimate of drug-likeness (QED) is 0.507. The van der Waals surface area contributed by atoms with Crippen molar-refractivity contribution in [2.45, 2.75) is 82.8 Å². The van der Waals surface area contributed by atoms with E-state index in [1.54, 1.807) is 0 Å². The van der Waals surface area contributed by atoms with Crippen LogP contribution in [0.15, 0.2) is 0 Å². The molecule has 0 spiro atoms. The van der Waals surface area contributed by atoms with Crippen molar-refractivity contribution >= 4 is 19.9 Å². The zero-order valence-corrected chi connectivity index (χ0v) is 16.1. The first kappa shape index (κ1) is 20.9. The molecule has 5 nitrogen and oxygen atoms in total. The van der Waals surface area contributed by atoms with E-state index >= 15 is 0 Å². The standard InChI is InChI=1S/C16H33NO4S2/c1-2-3-4-5-6-7-8-9-10-11-13-17-23(20,21)16-12-14-22(18,19)15-16/h16-17H,2-15H2,1H3. The van der Waals surface area contributed by atoms with Crippen molar-refractivity contribution < 1.29 is 16.8 Å². The van der Waals surface area contributed by atoms with Gasteiger partial charge in [0.1, 0.15) is 0 Å². The highest BCUT2D eigenvalue weighted by atomic mass is 32.2. The second-order valence-corrected chi connectivity index (χ2v) is 10.9. The highest BCUT2D eigenvalue weighted by Gasteiger charge is 2.36. The Morgan fingerprint density at radius 3 is 1.91 bits per heavy atom. The summed E-state index contributed by atoms with van der Waals surface area (Å²) >= 11 is 0. The van der Waals surface area contributed by atoms with Crippen LogP contribution in [-0.4, -0.2) is 40.1 Å². The maximum atomic E-state index is 12.0. The van der Waals surface area contributed by atoms with Gasteiger partial charge in [0.05, 0.1) is 16.8 Å². The third kappa shape index (κ3) is 9.05. The Kier molecular flexibility index (Phi) is 9.70. The van der Waals surface area contributed by atoms with Crippen molar-refractivity contribution in [1.82, 2.24) is 4.72 Å². The minimum absolute atomic E-state index is 0.00314. The van der Waals surface area contributed by atoms with E-state index in [1.807, 2.05) is 0 Å². The topological polar surface area (TPSA) is 80.3 Å². The zero-order valence-electron chi connectivity index (χ0n) is 14.4. The van der Waals surface area contributed by atoms with Gasteiger partial charge in [0.2, 0.25) is 10.0 Å². The van der Waals surface area contributed by atoms with E-state index in [9.17, 15) is 16.8 Å². The molecule has 0 aliphatic carbocycles. The van der Waals surface area contributed by atoms with Crippen LogP contribution in [0.2, 0.25) is 0 Å². The maximum Gasteiger partial charge on any atom is 0.215 e. The number of sulfonamides is 1. The maximum absolute atomic E-state index is 12.0. The van der Waals surface area contributed by atoms with Crippen LogP contribution in [0.25, 0.3) is 0 Å². The van der Waals surface area contributed by atoms with Gasteiger partial charge in [-0.15, -0.1) is 0 Å². The van der Waals surface area contributed by atoms with Gasteiger partial charge in [0.15, 0.2) is 9.84 Å². The molecule has 0 aromatic heterocycles. The number of rotatable bonds is 13. The van der Waals surface area contributed by atoms with Crippen molar-refractivity contribution in [2.75, 3.05) is 18.1 Å². The van der Waals surface area contributed by atoms with Crippen molar-refractivity contribution in [3.05, 3.63) is 0 Å². The van der Waals surface area contributed by atoms with E-state index in [0.29, 0.717) is 6.54 Å². The summed E-state index contributed by atoms with van der Waals surface area (Å²) in [5.74, 6) is -0.225. The second kappa shape index (κ2) is 10.7. The summed E-state index contributed by atoms with van der Waals surface area (Å²) in [6.07, 6.45) is 12.3. The van der Waals surface area contributed by atoms with Crippen molar-refractivity contribution in [3.63, 3.8) is 0 Å². The molecule has 0 radical (unpaired) electrons. The summed E-state index contributed by atoms with van der Waals surface area (Å²) in [5.41, 5.74) is 0. The molecule has 1 aliphatic heterocycles. The number of nitrogens with one attached hydrogen (secondary N) is 1. The van der Waals surface area contributed by atoms with Crippen LogP contribution in [-0.2, 0) is 19.9 Å². The van der Waals surface area contributed by atoms with Gasteiger partial charge in [-0.2, -0.15) is 0 Å². The van der Waals surface area contributed by atoms with Crippen LogP contribution >= 0.6 is 0 Å². The predicted octanol–water partition coefficient (Wildman–Crippen LogP) is 3.01. The summed E-state index contributed by atoms with van der Waals surface area (Å²) in [6, 6.07) is 0. The second-order valence-electron chi connectivity index (χ2n) is 6.65. The predicted molar refractivity (Wildman–Crippen MR) is 95.8 cm³/mol. The van der Waals surface area contributed by atoms with Gasteiger partial charge < -0.3 is 0 Å². The monoisotopic (exact) mass is 367 g/mol. The molecule has 0 amide bonds. The average molecular weight is 368 g/mol. The molecule has 1 saturated heterocycles. The van der Waals surface area contributed by atoms with Gasteiger partial charge in [0, 0.05) is 6.54 Å². The highest BCUT2D eigenvalue weighted by Crippen LogP contribution is 2.18. The summed E-state index contributed by atoms with van der Waals surface area (Å²) in [7, 11) is -6.62. The molecular formula is C16H33NO4S2. The lowest BCUT2D eigenvalue weighted by Gasteiger charge is -2.11. The number of hydrogen-bond donors (Lipinski definition) is 1. The van der Waals surface area contributed by atoms with Crippen LogP contribution in [0.3, 0.4) is 0 Å². The Hall–Kier alpha value is -0.140. The first-order chi connectivity index (χ1) is 10.9. The molecule has 1 atom stereocenters. The number of sulfone groups is 1. The minimum Gasteiger partial charge on any atom is -0.229 e. The third-order valence-electron chi connectivity index (χ3n) is 4.46. The van der Waals surface area contributed by atoms with Gasteiger partial charge in [0.25, 0.3) is 0 Å². The lowest BCUT2D eigenvalue weighted by molar-refractivity contribution is 0.545. The summed E-state index contributed by atoms with van der Waals surface area (Å²) < 4.78 is 49.3. The van der Waals surface area contributed by atoms with Crippen molar-refractivity contribution in [2.24, 2.45) is 0 Å². The molecule has 1 rings (SSSR count). The first-order valence-corrected chi connectivity index (χ1v) is 12.4. The van der Waals surface area contributed by atoms with Crippen LogP contribution < -0.4 is 4.72 Å². The smallest absolute Gasteiger partial charge is 0.215 e. The molecule has 0 saturated carbocycles. The molecule has 1 unspecified atom stereocenters. The molecule has 23 heavy (non-hydrogen) atoms. The third-order valence-corrected chi connectivity index (χ3v) is 8.33. The molecule has 1 N–H and O–H groups in total. The Morgan fingerprint density at radius 1 is 0.913 bits per heavy atom. The Labute approximate surface area is 142 Å². The Balaban J connectivity index is 2.00. The normalized spacial score (nSPS) is 20.8. The fourth-order valence-corrected chi connectivity index (χ4v) is 7.07. The summed E-state index contributed by atoms with van der Waals surface area (Å²) in [6.45, 7) is 2.65. The van der Waals surface area contributed by atoms with Gasteiger partial charge >= 0.3 is 0 Å². The number of hydrogen-bond acceptors (Lipinski definition) is 4. The van der Waals surface area contributed by atoms with Gasteiger partial charge in [-0.1, -0.05) is 64.7 Å². The molecule has 138 valence electrons. The fourth-order valence-electron chi connectivity index (χ4n) is 2.95. The van der Waals surface area contributed by atoms with Crippen LogP contribution in [0.4, 0.5) is 0 Å². The molecule has 0 aromatic rings. The van der Waals surface area contributed by atoms with E-state index in [0.717, 1.165) is 19.3 Å². The van der Waals surface area contributed by atoms with Crippen LogP contribution in [0.5, 0.6) is 0 Å². The average Bonchev–Trinajstić information content (AvgIpc) is 2.86.